The van der Waals surface area contributed by atoms with Crippen LogP contribution in [0.3, 0.4) is 0 Å². The third kappa shape index (κ3) is 11.5. The van der Waals surface area contributed by atoms with Gasteiger partial charge < -0.3 is 15.1 Å². The molecule has 68 heavy (non-hydrogen) atoms. The second-order valence-corrected chi connectivity index (χ2v) is 19.3. The van der Waals surface area contributed by atoms with Crippen LogP contribution in [-0.4, -0.2) is 101 Å². The van der Waals surface area contributed by atoms with Gasteiger partial charge >= 0.3 is 0 Å². The molecular formula is C53H69F3N10OS. The summed E-state index contributed by atoms with van der Waals surface area (Å²) >= 11 is 4.34. The minimum absolute atomic E-state index is 0.0184. The molecule has 0 saturated carbocycles. The number of hydrazine groups is 1. The second kappa shape index (κ2) is 22.8. The molecule has 2 aromatic carbocycles. The maximum Gasteiger partial charge on any atom is 0.277 e. The number of hydrogen-bond acceptors (Lipinski definition) is 11. The number of aliphatic imine (C=N–C) groups is 1. The fourth-order valence-electron chi connectivity index (χ4n) is 10.0. The SMILES string of the molecule is C=CCCCC(=C)NN1C(=C)c2cc(F)c(N3CCC(N4CC(N5CCC(CC)CC5)C4)CC3)cc2C1=O.C=Nc1c(F)cc(-c2nc(NC3=CC=C(S)CC3)ncc2F)cc1N(CC)C(C)C. The Labute approximate surface area is 407 Å². The molecule has 0 spiro atoms. The first-order valence-corrected chi connectivity index (χ1v) is 24.8. The average molecular weight is 951 g/mol. The van der Waals surface area contributed by atoms with Crippen LogP contribution in [0.1, 0.15) is 108 Å². The van der Waals surface area contributed by atoms with Gasteiger partial charge in [0, 0.05) is 73.4 Å². The number of allylic oxidation sites excluding steroid dienone is 6. The Hall–Kier alpha value is -5.38. The van der Waals surface area contributed by atoms with Crippen molar-refractivity contribution >= 4 is 54.0 Å². The maximum atomic E-state index is 15.3. The number of carbonyl (C=O) groups is 1. The smallest absolute Gasteiger partial charge is 0.277 e. The van der Waals surface area contributed by atoms with Gasteiger partial charge in [-0.05, 0) is 140 Å². The number of nitrogens with zero attached hydrogens (tertiary/aromatic N) is 8. The van der Waals surface area contributed by atoms with E-state index in [1.165, 1.54) is 62.6 Å². The van der Waals surface area contributed by atoms with Gasteiger partial charge in [-0.3, -0.25) is 25.0 Å². The lowest BCUT2D eigenvalue weighted by atomic mass is 9.91. The van der Waals surface area contributed by atoms with E-state index in [1.54, 1.807) is 12.1 Å². The molecule has 3 fully saturated rings. The Morgan fingerprint density at radius 3 is 2.32 bits per heavy atom. The minimum Gasteiger partial charge on any atom is -0.369 e. The number of hydrogen-bond donors (Lipinski definition) is 3. The summed E-state index contributed by atoms with van der Waals surface area (Å²) in [5, 5.41) is 4.51. The number of likely N-dealkylation sites (tertiary alicyclic amines) is 2. The van der Waals surface area contributed by atoms with Gasteiger partial charge in [0.1, 0.15) is 17.2 Å². The number of piperidine rings is 2. The first-order chi connectivity index (χ1) is 32.7. The van der Waals surface area contributed by atoms with Crippen LogP contribution in [0, 0.1) is 23.4 Å². The molecule has 5 aliphatic rings. The summed E-state index contributed by atoms with van der Waals surface area (Å²) in [6.07, 6.45) is 16.9. The Kier molecular flexibility index (Phi) is 16.9. The number of amides is 1. The molecule has 3 saturated heterocycles. The van der Waals surface area contributed by atoms with E-state index in [0.717, 1.165) is 86.4 Å². The molecule has 0 radical (unpaired) electrons. The molecule has 364 valence electrons. The number of benzene rings is 2. The van der Waals surface area contributed by atoms with Crippen LogP contribution in [-0.2, 0) is 0 Å². The largest absolute Gasteiger partial charge is 0.369 e. The quantitative estimate of drug-likeness (QED) is 0.0529. The van der Waals surface area contributed by atoms with E-state index >= 15 is 4.39 Å². The van der Waals surface area contributed by atoms with Gasteiger partial charge in [-0.1, -0.05) is 38.7 Å². The summed E-state index contributed by atoms with van der Waals surface area (Å²) in [6.45, 7) is 30.7. The monoisotopic (exact) mass is 951 g/mol. The third-order valence-electron chi connectivity index (χ3n) is 14.1. The van der Waals surface area contributed by atoms with Crippen molar-refractivity contribution in [2.24, 2.45) is 10.9 Å². The maximum absolute atomic E-state index is 15.3. The van der Waals surface area contributed by atoms with Crippen LogP contribution in [0.2, 0.25) is 0 Å². The van der Waals surface area contributed by atoms with Crippen LogP contribution in [0.15, 0.2) is 89.7 Å². The summed E-state index contributed by atoms with van der Waals surface area (Å²) in [4.78, 5) is 35.8. The van der Waals surface area contributed by atoms with Gasteiger partial charge in [0.15, 0.2) is 11.6 Å². The van der Waals surface area contributed by atoms with Gasteiger partial charge in [0.05, 0.1) is 28.8 Å². The standard InChI is InChI=1S/C31H44FN5O.C22H25F2N5S/c1-5-7-8-9-22(3)33-37-23(4)27-18-29(32)30(19-28(27)31(37)38)35-16-12-25(13-17-35)36-20-26(21-36)34-14-10-24(6-2)11-15-34;1-5-29(13(2)3)19-11-14(10-17(23)21(19)25-4)20-18(24)12-26-22(28-20)27-15-6-8-16(30)9-7-15/h5,18-19,24-26,33H,1,3-4,6-17,20-21H2,2H3;6,8,10-13,30H,4-5,7,9H2,1-3H3,(H,26,27,28). The highest BCUT2D eigenvalue weighted by Crippen LogP contribution is 2.39. The summed E-state index contributed by atoms with van der Waals surface area (Å²) in [5.74, 6) is -0.537. The fraction of sp³-hybridized carbons (Fsp3) is 0.472. The van der Waals surface area contributed by atoms with Crippen molar-refractivity contribution in [3.63, 3.8) is 0 Å². The number of fused-ring (bicyclic) bond motifs is 1. The lowest BCUT2D eigenvalue weighted by Gasteiger charge is -2.52. The highest BCUT2D eigenvalue weighted by Gasteiger charge is 2.39. The van der Waals surface area contributed by atoms with Gasteiger partial charge in [0.25, 0.3) is 5.91 Å². The molecule has 2 N–H and O–H groups in total. The van der Waals surface area contributed by atoms with Gasteiger partial charge in [-0.15, -0.1) is 19.2 Å². The Morgan fingerprint density at radius 2 is 1.69 bits per heavy atom. The lowest BCUT2D eigenvalue weighted by Crippen LogP contribution is -2.64. The van der Waals surface area contributed by atoms with E-state index in [2.05, 4.69) is 86.4 Å². The molecule has 0 unspecified atom stereocenters. The molecule has 1 amide bonds. The number of halogens is 3. The van der Waals surface area contributed by atoms with Crippen LogP contribution < -0.4 is 20.5 Å². The van der Waals surface area contributed by atoms with Crippen molar-refractivity contribution in [3.8, 4) is 11.3 Å². The number of nitrogens with one attached hydrogen (secondary N) is 2. The molecule has 1 aliphatic carbocycles. The normalized spacial score (nSPS) is 18.4. The molecule has 4 aliphatic heterocycles. The number of rotatable bonds is 17. The lowest BCUT2D eigenvalue weighted by molar-refractivity contribution is -0.0156. The molecule has 3 aromatic rings. The average Bonchev–Trinajstić information content (AvgIpc) is 3.53. The van der Waals surface area contributed by atoms with Crippen LogP contribution >= 0.6 is 12.6 Å². The van der Waals surface area contributed by atoms with Gasteiger partial charge in [0.2, 0.25) is 5.95 Å². The zero-order valence-corrected chi connectivity index (χ0v) is 41.2. The number of unbranched alkanes of at least 4 members (excludes halogenated alkanes) is 1. The Balaban J connectivity index is 0.000000207. The van der Waals surface area contributed by atoms with E-state index in [0.29, 0.717) is 52.4 Å². The molecule has 0 bridgehead atoms. The van der Waals surface area contributed by atoms with E-state index in [4.69, 9.17) is 0 Å². The second-order valence-electron chi connectivity index (χ2n) is 18.8. The van der Waals surface area contributed by atoms with Crippen molar-refractivity contribution < 1.29 is 18.0 Å². The number of anilines is 3. The highest BCUT2D eigenvalue weighted by molar-refractivity contribution is 7.84. The van der Waals surface area contributed by atoms with Crippen LogP contribution in [0.25, 0.3) is 17.0 Å². The van der Waals surface area contributed by atoms with E-state index in [1.807, 2.05) is 43.9 Å². The summed E-state index contributed by atoms with van der Waals surface area (Å²) < 4.78 is 44.7. The van der Waals surface area contributed by atoms with Gasteiger partial charge in [-0.2, -0.15) is 0 Å². The molecule has 0 atom stereocenters. The van der Waals surface area contributed by atoms with Crippen LogP contribution in [0.4, 0.5) is 36.2 Å². The minimum atomic E-state index is -0.632. The first kappa shape index (κ1) is 50.5. The Morgan fingerprint density at radius 1 is 0.956 bits per heavy atom. The number of aromatic nitrogens is 2. The van der Waals surface area contributed by atoms with Gasteiger partial charge in [-0.25, -0.2) is 28.1 Å². The molecule has 1 aromatic heterocycles. The molecule has 5 heterocycles. The number of thiol groups is 1. The van der Waals surface area contributed by atoms with Crippen molar-refractivity contribution in [2.75, 3.05) is 60.9 Å². The highest BCUT2D eigenvalue weighted by atomic mass is 32.1. The van der Waals surface area contributed by atoms with E-state index in [-0.39, 0.29) is 35.1 Å². The predicted molar refractivity (Wildman–Crippen MR) is 276 cm³/mol. The van der Waals surface area contributed by atoms with Crippen LogP contribution in [0.5, 0.6) is 0 Å². The Bertz CT molecular complexity index is 2420. The molecule has 8 rings (SSSR count). The van der Waals surface area contributed by atoms with Crippen molar-refractivity contribution in [1.29, 1.82) is 0 Å². The fourth-order valence-corrected chi connectivity index (χ4v) is 10.2. The summed E-state index contributed by atoms with van der Waals surface area (Å²) in [7, 11) is 0. The third-order valence-corrected chi connectivity index (χ3v) is 14.5. The van der Waals surface area contributed by atoms with Crippen molar-refractivity contribution in [1.82, 2.24) is 30.2 Å². The summed E-state index contributed by atoms with van der Waals surface area (Å²) in [5.41, 5.74) is 7.76. The summed E-state index contributed by atoms with van der Waals surface area (Å²) in [6, 6.07) is 7.51. The first-order valence-electron chi connectivity index (χ1n) is 24.3. The van der Waals surface area contributed by atoms with E-state index in [9.17, 15) is 13.6 Å². The van der Waals surface area contributed by atoms with Crippen molar-refractivity contribution in [3.05, 3.63) is 113 Å². The zero-order chi connectivity index (χ0) is 48.6. The molecule has 15 heteroatoms. The number of carbonyl (C=O) groups excluding carboxylic acids is 1. The molecule has 11 nitrogen and oxygen atoms in total. The predicted octanol–water partition coefficient (Wildman–Crippen LogP) is 11.3. The zero-order valence-electron chi connectivity index (χ0n) is 40.3. The van der Waals surface area contributed by atoms with E-state index < -0.39 is 11.6 Å². The molecular weight excluding hydrogens is 882 g/mol. The van der Waals surface area contributed by atoms with Crippen molar-refractivity contribution in [2.45, 2.75) is 110 Å². The topological polar surface area (TPSA) is 95.5 Å².